The highest BCUT2D eigenvalue weighted by molar-refractivity contribution is 7.16. The van der Waals surface area contributed by atoms with Gasteiger partial charge in [0.2, 0.25) is 5.91 Å². The number of methoxy groups -OCH3 is 2. The number of hydrogen-bond donors (Lipinski definition) is 2. The average molecular weight is 479 g/mol. The SMILES string of the molecule is COc1cc(NC(=O)c2ccccc2)c(OC)cc1NC(=O)CCn1cnc2sccc2c1=O. The van der Waals surface area contributed by atoms with Gasteiger partial charge in [0, 0.05) is 30.7 Å². The highest BCUT2D eigenvalue weighted by Gasteiger charge is 2.16. The van der Waals surface area contributed by atoms with Crippen LogP contribution in [0.5, 0.6) is 11.5 Å². The normalized spacial score (nSPS) is 10.6. The zero-order chi connectivity index (χ0) is 24.1. The Bertz CT molecular complexity index is 1400. The average Bonchev–Trinajstić information content (AvgIpc) is 3.34. The number of carbonyl (C=O) groups is 2. The molecule has 0 saturated carbocycles. The number of ether oxygens (including phenoxy) is 2. The van der Waals surface area contributed by atoms with Gasteiger partial charge in [-0.1, -0.05) is 18.2 Å². The van der Waals surface area contributed by atoms with E-state index in [0.29, 0.717) is 38.7 Å². The van der Waals surface area contributed by atoms with Crippen LogP contribution in [0.1, 0.15) is 16.8 Å². The Morgan fingerprint density at radius 2 is 1.68 bits per heavy atom. The third kappa shape index (κ3) is 4.91. The highest BCUT2D eigenvalue weighted by atomic mass is 32.1. The Morgan fingerprint density at radius 1 is 1.00 bits per heavy atom. The number of rotatable bonds is 8. The zero-order valence-corrected chi connectivity index (χ0v) is 19.3. The second kappa shape index (κ2) is 10.2. The number of nitrogens with zero attached hydrogens (tertiary/aromatic N) is 2. The summed E-state index contributed by atoms with van der Waals surface area (Å²) in [4.78, 5) is 42.6. The number of benzene rings is 2. The molecule has 174 valence electrons. The van der Waals surface area contributed by atoms with E-state index in [1.54, 1.807) is 42.5 Å². The molecule has 2 aromatic carbocycles. The van der Waals surface area contributed by atoms with E-state index in [9.17, 15) is 14.4 Å². The van der Waals surface area contributed by atoms with Crippen LogP contribution in [0, 0.1) is 0 Å². The molecule has 0 saturated heterocycles. The zero-order valence-electron chi connectivity index (χ0n) is 18.5. The molecule has 9 nitrogen and oxygen atoms in total. The van der Waals surface area contributed by atoms with Crippen LogP contribution in [-0.4, -0.2) is 35.6 Å². The number of nitrogens with one attached hydrogen (secondary N) is 2. The van der Waals surface area contributed by atoms with E-state index in [-0.39, 0.29) is 30.3 Å². The summed E-state index contributed by atoms with van der Waals surface area (Å²) in [5.74, 6) is 0.0675. The third-order valence-electron chi connectivity index (χ3n) is 5.11. The van der Waals surface area contributed by atoms with Gasteiger partial charge in [-0.05, 0) is 23.6 Å². The minimum atomic E-state index is -0.321. The molecule has 2 aromatic heterocycles. The molecule has 0 aliphatic rings. The quantitative estimate of drug-likeness (QED) is 0.399. The first-order valence-electron chi connectivity index (χ1n) is 10.3. The van der Waals surface area contributed by atoms with Crippen LogP contribution in [-0.2, 0) is 11.3 Å². The van der Waals surface area contributed by atoms with E-state index in [1.165, 1.54) is 36.5 Å². The molecule has 0 fully saturated rings. The van der Waals surface area contributed by atoms with Gasteiger partial charge >= 0.3 is 0 Å². The second-order valence-corrected chi connectivity index (χ2v) is 8.15. The fourth-order valence-electron chi connectivity index (χ4n) is 3.36. The maximum Gasteiger partial charge on any atom is 0.262 e. The lowest BCUT2D eigenvalue weighted by atomic mass is 10.2. The van der Waals surface area contributed by atoms with Crippen molar-refractivity contribution in [2.24, 2.45) is 0 Å². The lowest BCUT2D eigenvalue weighted by molar-refractivity contribution is -0.116. The van der Waals surface area contributed by atoms with Gasteiger partial charge < -0.3 is 20.1 Å². The fourth-order valence-corrected chi connectivity index (χ4v) is 4.09. The standard InChI is InChI=1S/C24H22N4O5S/c1-32-19-13-18(27-22(30)15-6-4-3-5-7-15)20(33-2)12-17(19)26-21(29)8-10-28-14-25-23-16(24(28)31)9-11-34-23/h3-7,9,11-14H,8,10H2,1-2H3,(H,26,29)(H,27,30). The van der Waals surface area contributed by atoms with Crippen LogP contribution in [0.2, 0.25) is 0 Å². The van der Waals surface area contributed by atoms with Crippen molar-refractivity contribution >= 4 is 44.7 Å². The van der Waals surface area contributed by atoms with E-state index in [1.807, 2.05) is 11.4 Å². The lowest BCUT2D eigenvalue weighted by Gasteiger charge is -2.16. The summed E-state index contributed by atoms with van der Waals surface area (Å²) in [6, 6.07) is 13.6. The lowest BCUT2D eigenvalue weighted by Crippen LogP contribution is -2.23. The molecule has 10 heteroatoms. The summed E-state index contributed by atoms with van der Waals surface area (Å²) in [6.07, 6.45) is 1.50. The summed E-state index contributed by atoms with van der Waals surface area (Å²) < 4.78 is 12.2. The highest BCUT2D eigenvalue weighted by Crippen LogP contribution is 2.36. The monoisotopic (exact) mass is 478 g/mol. The summed E-state index contributed by atoms with van der Waals surface area (Å²) >= 11 is 1.39. The molecule has 0 unspecified atom stereocenters. The number of anilines is 2. The van der Waals surface area contributed by atoms with Crippen molar-refractivity contribution in [2.75, 3.05) is 24.9 Å². The van der Waals surface area contributed by atoms with E-state index in [0.717, 1.165) is 0 Å². The van der Waals surface area contributed by atoms with Gasteiger partial charge in [0.1, 0.15) is 16.3 Å². The van der Waals surface area contributed by atoms with Crippen molar-refractivity contribution in [1.29, 1.82) is 0 Å². The molecular weight excluding hydrogens is 456 g/mol. The van der Waals surface area contributed by atoms with E-state index < -0.39 is 0 Å². The van der Waals surface area contributed by atoms with Gasteiger partial charge in [-0.3, -0.25) is 19.0 Å². The van der Waals surface area contributed by atoms with E-state index in [4.69, 9.17) is 9.47 Å². The number of fused-ring (bicyclic) bond motifs is 1. The molecule has 0 bridgehead atoms. The number of aromatic nitrogens is 2. The molecule has 34 heavy (non-hydrogen) atoms. The van der Waals surface area contributed by atoms with Gasteiger partial charge in [-0.2, -0.15) is 0 Å². The Morgan fingerprint density at radius 3 is 2.35 bits per heavy atom. The molecular formula is C24H22N4O5S. The van der Waals surface area contributed by atoms with Gasteiger partial charge in [0.15, 0.2) is 0 Å². The number of amides is 2. The van der Waals surface area contributed by atoms with Crippen molar-refractivity contribution in [3.05, 3.63) is 76.2 Å². The van der Waals surface area contributed by atoms with Gasteiger partial charge in [0.05, 0.1) is 37.3 Å². The summed E-state index contributed by atoms with van der Waals surface area (Å²) in [5.41, 5.74) is 1.08. The molecule has 0 atom stereocenters. The molecule has 2 N–H and O–H groups in total. The Balaban J connectivity index is 1.48. The first-order chi connectivity index (χ1) is 16.5. The first-order valence-corrected chi connectivity index (χ1v) is 11.2. The Labute approximate surface area is 199 Å². The maximum absolute atomic E-state index is 12.6. The molecule has 0 spiro atoms. The fraction of sp³-hybridized carbons (Fsp3) is 0.167. The smallest absolute Gasteiger partial charge is 0.262 e. The van der Waals surface area contributed by atoms with Crippen LogP contribution in [0.15, 0.2) is 65.0 Å². The molecule has 2 heterocycles. The largest absolute Gasteiger partial charge is 0.494 e. The summed E-state index contributed by atoms with van der Waals surface area (Å²) in [5, 5.41) is 7.92. The topological polar surface area (TPSA) is 112 Å². The van der Waals surface area contributed by atoms with Crippen LogP contribution in [0.3, 0.4) is 0 Å². The Hall–Kier alpha value is -4.18. The van der Waals surface area contributed by atoms with E-state index in [2.05, 4.69) is 15.6 Å². The van der Waals surface area contributed by atoms with Crippen LogP contribution < -0.4 is 25.7 Å². The second-order valence-electron chi connectivity index (χ2n) is 7.25. The van der Waals surface area contributed by atoms with Crippen LogP contribution in [0.4, 0.5) is 11.4 Å². The summed E-state index contributed by atoms with van der Waals surface area (Å²) in [7, 11) is 2.92. The van der Waals surface area contributed by atoms with Crippen molar-refractivity contribution in [2.45, 2.75) is 13.0 Å². The Kier molecular flexibility index (Phi) is 6.88. The molecule has 4 aromatic rings. The molecule has 2 amide bonds. The van der Waals surface area contributed by atoms with Crippen molar-refractivity contribution in [1.82, 2.24) is 9.55 Å². The predicted octanol–water partition coefficient (Wildman–Crippen LogP) is 3.76. The van der Waals surface area contributed by atoms with Crippen LogP contribution in [0.25, 0.3) is 10.2 Å². The van der Waals surface area contributed by atoms with Crippen LogP contribution >= 0.6 is 11.3 Å². The third-order valence-corrected chi connectivity index (χ3v) is 5.93. The number of carbonyl (C=O) groups excluding carboxylic acids is 2. The maximum atomic E-state index is 12.6. The van der Waals surface area contributed by atoms with E-state index >= 15 is 0 Å². The minimum absolute atomic E-state index is 0.0508. The molecule has 0 aliphatic carbocycles. The van der Waals surface area contributed by atoms with Crippen molar-refractivity contribution in [3.8, 4) is 11.5 Å². The van der Waals surface area contributed by atoms with Gasteiger partial charge in [0.25, 0.3) is 11.5 Å². The number of aryl methyl sites for hydroxylation is 1. The van der Waals surface area contributed by atoms with Gasteiger partial charge in [-0.15, -0.1) is 11.3 Å². The number of thiophene rings is 1. The molecule has 0 aliphatic heterocycles. The van der Waals surface area contributed by atoms with Crippen molar-refractivity contribution in [3.63, 3.8) is 0 Å². The predicted molar refractivity (Wildman–Crippen MR) is 131 cm³/mol. The molecule has 0 radical (unpaired) electrons. The first kappa shape index (κ1) is 23.0. The molecule has 4 rings (SSSR count). The van der Waals surface area contributed by atoms with Gasteiger partial charge in [-0.25, -0.2) is 4.98 Å². The minimum Gasteiger partial charge on any atom is -0.494 e. The summed E-state index contributed by atoms with van der Waals surface area (Å²) in [6.45, 7) is 0.175. The number of hydrogen-bond acceptors (Lipinski definition) is 7. The van der Waals surface area contributed by atoms with Crippen molar-refractivity contribution < 1.29 is 19.1 Å².